The van der Waals surface area contributed by atoms with Crippen molar-refractivity contribution < 1.29 is 18.3 Å². The summed E-state index contributed by atoms with van der Waals surface area (Å²) in [7, 11) is 0. The smallest absolute Gasteiger partial charge is 0.251 e. The number of amides is 1. The van der Waals surface area contributed by atoms with Crippen LogP contribution in [-0.2, 0) is 11.3 Å². The van der Waals surface area contributed by atoms with Crippen molar-refractivity contribution >= 4 is 5.91 Å². The number of rotatable bonds is 5. The fourth-order valence-electron chi connectivity index (χ4n) is 3.64. The van der Waals surface area contributed by atoms with E-state index in [1.165, 1.54) is 12.1 Å². The predicted molar refractivity (Wildman–Crippen MR) is 104 cm³/mol. The number of halogens is 2. The molecule has 4 nitrogen and oxygen atoms in total. The van der Waals surface area contributed by atoms with Crippen LogP contribution in [0.1, 0.15) is 48.3 Å². The summed E-state index contributed by atoms with van der Waals surface area (Å²) < 4.78 is 32.7. The Morgan fingerprint density at radius 1 is 1.14 bits per heavy atom. The first kappa shape index (κ1) is 20.4. The van der Waals surface area contributed by atoms with Crippen LogP contribution in [0, 0.1) is 11.6 Å². The lowest BCUT2D eigenvalue weighted by atomic mass is 10.1. The van der Waals surface area contributed by atoms with Crippen LogP contribution in [0.5, 0.6) is 0 Å². The van der Waals surface area contributed by atoms with Gasteiger partial charge in [-0.15, -0.1) is 0 Å². The van der Waals surface area contributed by atoms with E-state index in [0.29, 0.717) is 5.56 Å². The second-order valence-corrected chi connectivity index (χ2v) is 7.51. The molecule has 0 radical (unpaired) electrons. The summed E-state index contributed by atoms with van der Waals surface area (Å²) in [4.78, 5) is 14.8. The minimum Gasteiger partial charge on any atom is -0.373 e. The molecule has 0 spiro atoms. The van der Waals surface area contributed by atoms with Crippen LogP contribution < -0.4 is 5.32 Å². The average Bonchev–Trinajstić information content (AvgIpc) is 2.61. The third-order valence-electron chi connectivity index (χ3n) is 4.89. The van der Waals surface area contributed by atoms with Crippen LogP contribution in [0.25, 0.3) is 0 Å². The van der Waals surface area contributed by atoms with Gasteiger partial charge in [-0.2, -0.15) is 0 Å². The Morgan fingerprint density at radius 2 is 1.79 bits per heavy atom. The molecule has 2 aromatic carbocycles. The molecule has 0 saturated carbocycles. The highest BCUT2D eigenvalue weighted by Crippen LogP contribution is 2.19. The van der Waals surface area contributed by atoms with Gasteiger partial charge in [-0.3, -0.25) is 9.69 Å². The topological polar surface area (TPSA) is 41.6 Å². The summed E-state index contributed by atoms with van der Waals surface area (Å²) in [6.07, 6.45) is 0.421. The maximum Gasteiger partial charge on any atom is 0.251 e. The highest BCUT2D eigenvalue weighted by molar-refractivity contribution is 5.94. The van der Waals surface area contributed by atoms with Gasteiger partial charge in [-0.05, 0) is 44.5 Å². The Labute approximate surface area is 164 Å². The van der Waals surface area contributed by atoms with Gasteiger partial charge < -0.3 is 10.1 Å². The molecule has 1 aliphatic heterocycles. The first-order valence-electron chi connectivity index (χ1n) is 9.54. The number of carbonyl (C=O) groups is 1. The normalized spacial score (nSPS) is 21.3. The highest BCUT2D eigenvalue weighted by atomic mass is 19.1. The van der Waals surface area contributed by atoms with Crippen molar-refractivity contribution in [1.29, 1.82) is 0 Å². The molecule has 0 aromatic heterocycles. The summed E-state index contributed by atoms with van der Waals surface area (Å²) in [5.41, 5.74) is 1.87. The molecule has 3 atom stereocenters. The number of hydrogen-bond acceptors (Lipinski definition) is 3. The Morgan fingerprint density at radius 3 is 2.39 bits per heavy atom. The predicted octanol–water partition coefficient (Wildman–Crippen LogP) is 4.07. The Balaban J connectivity index is 1.60. The molecule has 1 fully saturated rings. The summed E-state index contributed by atoms with van der Waals surface area (Å²) in [5.74, 6) is -1.60. The fraction of sp³-hybridized carbons (Fsp3) is 0.409. The number of hydrogen-bond donors (Lipinski definition) is 1. The lowest BCUT2D eigenvalue weighted by molar-refractivity contribution is -0.0704. The van der Waals surface area contributed by atoms with Crippen LogP contribution in [0.2, 0.25) is 0 Å². The number of nitrogens with zero attached hydrogens (tertiary/aromatic N) is 1. The number of ether oxygens (including phenoxy) is 1. The van der Waals surface area contributed by atoms with E-state index in [1.807, 2.05) is 12.1 Å². The SMILES string of the molecule is CC1CN(Cc2ccc(C(=O)NC(C)c3ccc(F)cc3F)cc2)CC(C)O1. The number of nitrogens with one attached hydrogen (secondary N) is 1. The summed E-state index contributed by atoms with van der Waals surface area (Å²) in [6.45, 7) is 8.38. The fourth-order valence-corrected chi connectivity index (χ4v) is 3.64. The largest absolute Gasteiger partial charge is 0.373 e. The number of carbonyl (C=O) groups excluding carboxylic acids is 1. The van der Waals surface area contributed by atoms with E-state index in [9.17, 15) is 13.6 Å². The number of benzene rings is 2. The molecular formula is C22H26F2N2O2. The number of morpholine rings is 1. The third kappa shape index (κ3) is 5.14. The highest BCUT2D eigenvalue weighted by Gasteiger charge is 2.22. The van der Waals surface area contributed by atoms with Crippen LogP contribution in [0.4, 0.5) is 8.78 Å². The van der Waals surface area contributed by atoms with Gasteiger partial charge in [0.05, 0.1) is 18.2 Å². The molecule has 1 aliphatic rings. The van der Waals surface area contributed by atoms with Gasteiger partial charge in [0.15, 0.2) is 0 Å². The summed E-state index contributed by atoms with van der Waals surface area (Å²) in [5, 5.41) is 2.76. The molecule has 28 heavy (non-hydrogen) atoms. The van der Waals surface area contributed by atoms with E-state index in [2.05, 4.69) is 24.1 Å². The van der Waals surface area contributed by atoms with Crippen LogP contribution >= 0.6 is 0 Å². The van der Waals surface area contributed by atoms with E-state index in [1.54, 1.807) is 19.1 Å². The molecule has 1 saturated heterocycles. The van der Waals surface area contributed by atoms with Crippen molar-refractivity contribution in [3.05, 3.63) is 70.8 Å². The summed E-state index contributed by atoms with van der Waals surface area (Å²) in [6, 6.07) is 10.2. The van der Waals surface area contributed by atoms with Gasteiger partial charge in [0.1, 0.15) is 11.6 Å². The zero-order chi connectivity index (χ0) is 20.3. The molecule has 1 N–H and O–H groups in total. The molecular weight excluding hydrogens is 362 g/mol. The molecule has 2 aromatic rings. The first-order chi connectivity index (χ1) is 13.3. The minimum absolute atomic E-state index is 0.210. The lowest BCUT2D eigenvalue weighted by Crippen LogP contribution is -2.44. The monoisotopic (exact) mass is 388 g/mol. The van der Waals surface area contributed by atoms with Crippen molar-refractivity contribution in [2.24, 2.45) is 0 Å². The molecule has 1 amide bonds. The van der Waals surface area contributed by atoms with Gasteiger partial charge in [0, 0.05) is 36.8 Å². The Hall–Kier alpha value is -2.31. The van der Waals surface area contributed by atoms with Crippen molar-refractivity contribution in [3.63, 3.8) is 0 Å². The molecule has 3 unspecified atom stereocenters. The van der Waals surface area contributed by atoms with E-state index in [4.69, 9.17) is 4.74 Å². The van der Waals surface area contributed by atoms with E-state index >= 15 is 0 Å². The van der Waals surface area contributed by atoms with Gasteiger partial charge in [-0.1, -0.05) is 18.2 Å². The third-order valence-corrected chi connectivity index (χ3v) is 4.89. The Bertz CT molecular complexity index is 816. The van der Waals surface area contributed by atoms with Crippen molar-refractivity contribution in [3.8, 4) is 0 Å². The average molecular weight is 388 g/mol. The zero-order valence-electron chi connectivity index (χ0n) is 16.4. The van der Waals surface area contributed by atoms with E-state index in [0.717, 1.165) is 31.3 Å². The van der Waals surface area contributed by atoms with Gasteiger partial charge in [0.25, 0.3) is 5.91 Å². The van der Waals surface area contributed by atoms with Gasteiger partial charge in [0.2, 0.25) is 0 Å². The molecule has 3 rings (SSSR count). The van der Waals surface area contributed by atoms with E-state index in [-0.39, 0.29) is 23.7 Å². The van der Waals surface area contributed by atoms with Crippen LogP contribution in [0.3, 0.4) is 0 Å². The molecule has 6 heteroatoms. The van der Waals surface area contributed by atoms with E-state index < -0.39 is 17.7 Å². The van der Waals surface area contributed by atoms with Crippen LogP contribution in [-0.4, -0.2) is 36.1 Å². The second kappa shape index (κ2) is 8.80. The van der Waals surface area contributed by atoms with Crippen molar-refractivity contribution in [1.82, 2.24) is 10.2 Å². The van der Waals surface area contributed by atoms with Gasteiger partial charge in [-0.25, -0.2) is 8.78 Å². The maximum absolute atomic E-state index is 13.9. The Kier molecular flexibility index (Phi) is 6.42. The first-order valence-corrected chi connectivity index (χ1v) is 9.54. The minimum atomic E-state index is -0.669. The van der Waals surface area contributed by atoms with Crippen molar-refractivity contribution in [2.45, 2.75) is 45.6 Å². The molecule has 0 aliphatic carbocycles. The molecule has 1 heterocycles. The van der Waals surface area contributed by atoms with Crippen LogP contribution in [0.15, 0.2) is 42.5 Å². The lowest BCUT2D eigenvalue weighted by Gasteiger charge is -2.35. The quantitative estimate of drug-likeness (QED) is 0.840. The molecule has 150 valence electrons. The molecule has 0 bridgehead atoms. The maximum atomic E-state index is 13.9. The second-order valence-electron chi connectivity index (χ2n) is 7.51. The standard InChI is InChI=1S/C22H26F2N2O2/c1-14-11-26(12-15(2)28-14)13-17-4-6-18(7-5-17)22(27)25-16(3)20-9-8-19(23)10-21(20)24/h4-10,14-16H,11-13H2,1-3H3,(H,25,27). The van der Waals surface area contributed by atoms with Gasteiger partial charge >= 0.3 is 0 Å². The van der Waals surface area contributed by atoms with Crippen molar-refractivity contribution in [2.75, 3.05) is 13.1 Å². The zero-order valence-corrected chi connectivity index (χ0v) is 16.4. The summed E-state index contributed by atoms with van der Waals surface area (Å²) >= 11 is 0.